The highest BCUT2D eigenvalue weighted by Gasteiger charge is 2.26. The summed E-state index contributed by atoms with van der Waals surface area (Å²) in [6, 6.07) is 27.8. The monoisotopic (exact) mass is 449 g/mol. The molecular formula is C32H35NO. The molecule has 0 aromatic heterocycles. The zero-order valence-corrected chi connectivity index (χ0v) is 20.5. The SMILES string of the molecule is CCCc1ccc(C=C2CN(Cc3ccccc3)CC(=Cc3ccc(CCC)cc3)C2=O)cc1. The van der Waals surface area contributed by atoms with Gasteiger partial charge in [-0.3, -0.25) is 9.69 Å². The van der Waals surface area contributed by atoms with Crippen molar-refractivity contribution in [3.8, 4) is 0 Å². The van der Waals surface area contributed by atoms with Crippen LogP contribution >= 0.6 is 0 Å². The first kappa shape index (κ1) is 23.9. The number of carbonyl (C=O) groups excluding carboxylic acids is 1. The van der Waals surface area contributed by atoms with Gasteiger partial charge in [-0.2, -0.15) is 0 Å². The Hall–Kier alpha value is -3.23. The van der Waals surface area contributed by atoms with Gasteiger partial charge in [-0.05, 0) is 52.8 Å². The number of rotatable bonds is 8. The Balaban J connectivity index is 1.62. The van der Waals surface area contributed by atoms with Crippen molar-refractivity contribution in [2.45, 2.75) is 46.1 Å². The predicted molar refractivity (Wildman–Crippen MR) is 144 cm³/mol. The number of benzene rings is 3. The van der Waals surface area contributed by atoms with E-state index in [1.54, 1.807) is 0 Å². The lowest BCUT2D eigenvalue weighted by atomic mass is 9.93. The zero-order valence-electron chi connectivity index (χ0n) is 20.5. The van der Waals surface area contributed by atoms with E-state index in [0.717, 1.165) is 54.5 Å². The number of ketones is 1. The van der Waals surface area contributed by atoms with E-state index in [9.17, 15) is 4.79 Å². The third-order valence-electron chi connectivity index (χ3n) is 6.34. The van der Waals surface area contributed by atoms with Gasteiger partial charge in [0.15, 0.2) is 5.78 Å². The molecule has 0 aliphatic carbocycles. The number of carbonyl (C=O) groups is 1. The summed E-state index contributed by atoms with van der Waals surface area (Å²) in [7, 11) is 0. The van der Waals surface area contributed by atoms with Crippen molar-refractivity contribution in [2.24, 2.45) is 0 Å². The molecule has 0 amide bonds. The Labute approximate surface area is 204 Å². The summed E-state index contributed by atoms with van der Waals surface area (Å²) in [4.78, 5) is 15.9. The number of hydrogen-bond donors (Lipinski definition) is 0. The van der Waals surface area contributed by atoms with Gasteiger partial charge in [0, 0.05) is 30.8 Å². The molecule has 1 fully saturated rings. The maximum atomic E-state index is 13.5. The largest absolute Gasteiger partial charge is 0.290 e. The highest BCUT2D eigenvalue weighted by Crippen LogP contribution is 2.24. The van der Waals surface area contributed by atoms with Crippen molar-refractivity contribution in [3.05, 3.63) is 118 Å². The molecule has 0 radical (unpaired) electrons. The molecule has 34 heavy (non-hydrogen) atoms. The first-order valence-corrected chi connectivity index (χ1v) is 12.5. The third-order valence-corrected chi connectivity index (χ3v) is 6.34. The van der Waals surface area contributed by atoms with Gasteiger partial charge in [0.25, 0.3) is 0 Å². The lowest BCUT2D eigenvalue weighted by molar-refractivity contribution is -0.113. The molecule has 3 aromatic carbocycles. The van der Waals surface area contributed by atoms with Crippen LogP contribution in [0.2, 0.25) is 0 Å². The van der Waals surface area contributed by atoms with Crippen molar-refractivity contribution in [2.75, 3.05) is 13.1 Å². The van der Waals surface area contributed by atoms with Crippen LogP contribution < -0.4 is 0 Å². The third kappa shape index (κ3) is 6.42. The maximum absolute atomic E-state index is 13.5. The molecule has 174 valence electrons. The van der Waals surface area contributed by atoms with Crippen LogP contribution in [0.1, 0.15) is 54.5 Å². The number of aryl methyl sites for hydroxylation is 2. The van der Waals surface area contributed by atoms with Gasteiger partial charge in [-0.25, -0.2) is 0 Å². The molecule has 0 bridgehead atoms. The number of hydrogen-bond acceptors (Lipinski definition) is 2. The highest BCUT2D eigenvalue weighted by atomic mass is 16.1. The Kier molecular flexibility index (Phi) is 8.27. The molecule has 2 nitrogen and oxygen atoms in total. The van der Waals surface area contributed by atoms with Crippen molar-refractivity contribution in [3.63, 3.8) is 0 Å². The number of likely N-dealkylation sites (tertiary alicyclic amines) is 1. The van der Waals surface area contributed by atoms with Crippen LogP contribution in [-0.4, -0.2) is 23.8 Å². The smallest absolute Gasteiger partial charge is 0.187 e. The number of nitrogens with zero attached hydrogens (tertiary/aromatic N) is 1. The fourth-order valence-electron chi connectivity index (χ4n) is 4.60. The van der Waals surface area contributed by atoms with Crippen LogP contribution in [0.25, 0.3) is 12.2 Å². The van der Waals surface area contributed by atoms with Crippen molar-refractivity contribution in [1.29, 1.82) is 0 Å². The molecule has 1 saturated heterocycles. The fraction of sp³-hybridized carbons (Fsp3) is 0.281. The van der Waals surface area contributed by atoms with Crippen molar-refractivity contribution in [1.82, 2.24) is 4.90 Å². The predicted octanol–water partition coefficient (Wildman–Crippen LogP) is 7.14. The van der Waals surface area contributed by atoms with Crippen LogP contribution in [0.4, 0.5) is 0 Å². The number of piperidine rings is 1. The molecule has 1 aliphatic heterocycles. The summed E-state index contributed by atoms with van der Waals surface area (Å²) in [5.74, 6) is 0.166. The van der Waals surface area contributed by atoms with Gasteiger partial charge in [-0.15, -0.1) is 0 Å². The van der Waals surface area contributed by atoms with Crippen LogP contribution in [-0.2, 0) is 24.2 Å². The minimum Gasteiger partial charge on any atom is -0.290 e. The molecule has 2 heteroatoms. The maximum Gasteiger partial charge on any atom is 0.187 e. The average molecular weight is 450 g/mol. The Morgan fingerprint density at radius 3 is 1.56 bits per heavy atom. The van der Waals surface area contributed by atoms with E-state index in [-0.39, 0.29) is 5.78 Å². The van der Waals surface area contributed by atoms with E-state index in [2.05, 4.69) is 104 Å². The highest BCUT2D eigenvalue weighted by molar-refractivity contribution is 6.14. The molecule has 1 aliphatic rings. The van der Waals surface area contributed by atoms with Crippen LogP contribution in [0.3, 0.4) is 0 Å². The second-order valence-electron chi connectivity index (χ2n) is 9.28. The van der Waals surface area contributed by atoms with Gasteiger partial charge >= 0.3 is 0 Å². The van der Waals surface area contributed by atoms with E-state index in [0.29, 0.717) is 13.1 Å². The van der Waals surface area contributed by atoms with Crippen LogP contribution in [0.15, 0.2) is 90.0 Å². The molecule has 3 aromatic rings. The molecule has 0 atom stereocenters. The van der Waals surface area contributed by atoms with Gasteiger partial charge in [0.2, 0.25) is 0 Å². The average Bonchev–Trinajstić information content (AvgIpc) is 2.85. The fourth-order valence-corrected chi connectivity index (χ4v) is 4.60. The zero-order chi connectivity index (χ0) is 23.8. The van der Waals surface area contributed by atoms with Crippen molar-refractivity contribution < 1.29 is 4.79 Å². The summed E-state index contributed by atoms with van der Waals surface area (Å²) >= 11 is 0. The summed E-state index contributed by atoms with van der Waals surface area (Å²) in [6.45, 7) is 6.55. The van der Waals surface area contributed by atoms with Crippen molar-refractivity contribution >= 4 is 17.9 Å². The summed E-state index contributed by atoms with van der Waals surface area (Å²) in [5.41, 5.74) is 7.86. The van der Waals surface area contributed by atoms with Crippen LogP contribution in [0.5, 0.6) is 0 Å². The quantitative estimate of drug-likeness (QED) is 0.341. The standard InChI is InChI=1S/C32H35NO/c1-3-8-25-12-16-27(17-13-25)20-30-23-33(22-29-10-6-5-7-11-29)24-31(32(30)34)21-28-18-14-26(9-4-2)15-19-28/h5-7,10-21H,3-4,8-9,22-24H2,1-2H3. The summed E-state index contributed by atoms with van der Waals surface area (Å²) in [5, 5.41) is 0. The Morgan fingerprint density at radius 2 is 1.12 bits per heavy atom. The first-order chi connectivity index (χ1) is 16.6. The van der Waals surface area contributed by atoms with E-state index in [1.807, 2.05) is 6.07 Å². The van der Waals surface area contributed by atoms with Gasteiger partial charge in [0.05, 0.1) is 0 Å². The second kappa shape index (κ2) is 11.8. The Morgan fingerprint density at radius 1 is 0.647 bits per heavy atom. The molecule has 1 heterocycles. The summed E-state index contributed by atoms with van der Waals surface area (Å²) < 4.78 is 0. The minimum atomic E-state index is 0.166. The van der Waals surface area contributed by atoms with E-state index in [1.165, 1.54) is 16.7 Å². The number of Topliss-reactive ketones (excluding diaryl/α,β-unsaturated/α-hetero) is 1. The first-order valence-electron chi connectivity index (χ1n) is 12.5. The lowest BCUT2D eigenvalue weighted by Crippen LogP contribution is -2.37. The minimum absolute atomic E-state index is 0.166. The molecule has 0 saturated carbocycles. The van der Waals surface area contributed by atoms with Crippen LogP contribution in [0, 0.1) is 0 Å². The van der Waals surface area contributed by atoms with E-state index in [4.69, 9.17) is 0 Å². The second-order valence-corrected chi connectivity index (χ2v) is 9.28. The molecular weight excluding hydrogens is 414 g/mol. The Bertz CT molecular complexity index is 1070. The van der Waals surface area contributed by atoms with E-state index < -0.39 is 0 Å². The van der Waals surface area contributed by atoms with Gasteiger partial charge in [0.1, 0.15) is 0 Å². The molecule has 0 unspecified atom stereocenters. The molecule has 0 N–H and O–H groups in total. The summed E-state index contributed by atoms with van der Waals surface area (Å²) in [6.07, 6.45) is 8.61. The normalized spacial score (nSPS) is 16.9. The lowest BCUT2D eigenvalue weighted by Gasteiger charge is -2.30. The topological polar surface area (TPSA) is 20.3 Å². The molecule has 4 rings (SSSR count). The molecule has 0 spiro atoms. The van der Waals surface area contributed by atoms with E-state index >= 15 is 0 Å². The van der Waals surface area contributed by atoms with Gasteiger partial charge < -0.3 is 0 Å². The van der Waals surface area contributed by atoms with Gasteiger partial charge in [-0.1, -0.05) is 106 Å².